The molecule has 0 saturated heterocycles. The van der Waals surface area contributed by atoms with Crippen molar-refractivity contribution in [3.05, 3.63) is 28.2 Å². The molecule has 2 atom stereocenters. The van der Waals surface area contributed by atoms with Gasteiger partial charge in [-0.25, -0.2) is 0 Å². The van der Waals surface area contributed by atoms with E-state index in [2.05, 4.69) is 59.8 Å². The molecule has 2 nitrogen and oxygen atoms in total. The molecule has 0 spiro atoms. The highest BCUT2D eigenvalue weighted by Gasteiger charge is 2.32. The molecule has 1 aromatic carbocycles. The van der Waals surface area contributed by atoms with Gasteiger partial charge in [0.25, 0.3) is 0 Å². The molecule has 1 heterocycles. The summed E-state index contributed by atoms with van der Waals surface area (Å²) in [5, 5.41) is 0. The van der Waals surface area contributed by atoms with Crippen molar-refractivity contribution in [2.45, 2.75) is 38.8 Å². The number of nitrogens with two attached hydrogens (primary N) is 1. The second kappa shape index (κ2) is 4.38. The molecule has 0 aromatic heterocycles. The summed E-state index contributed by atoms with van der Waals surface area (Å²) in [7, 11) is 0. The molecule has 1 aliphatic rings. The van der Waals surface area contributed by atoms with E-state index in [9.17, 15) is 0 Å². The van der Waals surface area contributed by atoms with Crippen molar-refractivity contribution < 1.29 is 0 Å². The van der Waals surface area contributed by atoms with Gasteiger partial charge in [-0.1, -0.05) is 15.9 Å². The number of fused-ring (bicyclic) bond motifs is 1. The van der Waals surface area contributed by atoms with Crippen molar-refractivity contribution in [3.63, 3.8) is 0 Å². The van der Waals surface area contributed by atoms with E-state index in [1.54, 1.807) is 0 Å². The maximum absolute atomic E-state index is 6.08. The molecular weight excluding hydrogens is 264 g/mol. The number of rotatable bonds is 2. The third kappa shape index (κ3) is 1.98. The highest BCUT2D eigenvalue weighted by Crippen LogP contribution is 2.40. The van der Waals surface area contributed by atoms with Gasteiger partial charge in [-0.05, 0) is 44.5 Å². The molecule has 0 amide bonds. The molecule has 2 rings (SSSR count). The van der Waals surface area contributed by atoms with Crippen LogP contribution in [-0.2, 0) is 0 Å². The number of halogens is 1. The van der Waals surface area contributed by atoms with E-state index < -0.39 is 0 Å². The molecule has 16 heavy (non-hydrogen) atoms. The van der Waals surface area contributed by atoms with Crippen LogP contribution in [0.3, 0.4) is 0 Å². The van der Waals surface area contributed by atoms with E-state index >= 15 is 0 Å². The van der Waals surface area contributed by atoms with Crippen LogP contribution in [-0.4, -0.2) is 18.6 Å². The van der Waals surface area contributed by atoms with Gasteiger partial charge in [0.15, 0.2) is 0 Å². The average molecular weight is 283 g/mol. The highest BCUT2D eigenvalue weighted by atomic mass is 79.9. The fourth-order valence-electron chi connectivity index (χ4n) is 2.43. The first-order valence-electron chi connectivity index (χ1n) is 5.82. The van der Waals surface area contributed by atoms with Gasteiger partial charge in [0.1, 0.15) is 0 Å². The molecule has 0 radical (unpaired) electrons. The lowest BCUT2D eigenvalue weighted by Gasteiger charge is -2.25. The van der Waals surface area contributed by atoms with Crippen LogP contribution < -0.4 is 10.6 Å². The zero-order valence-corrected chi connectivity index (χ0v) is 11.7. The van der Waals surface area contributed by atoms with Crippen LogP contribution in [0.5, 0.6) is 0 Å². The van der Waals surface area contributed by atoms with Gasteiger partial charge >= 0.3 is 0 Å². The highest BCUT2D eigenvalue weighted by molar-refractivity contribution is 9.10. The van der Waals surface area contributed by atoms with Crippen LogP contribution in [0.2, 0.25) is 0 Å². The zero-order valence-electron chi connectivity index (χ0n) is 10.1. The third-order valence-electron chi connectivity index (χ3n) is 3.35. The second-order valence-electron chi connectivity index (χ2n) is 4.91. The molecule has 2 unspecified atom stereocenters. The fourth-order valence-corrected chi connectivity index (χ4v) is 2.81. The Kier molecular flexibility index (Phi) is 3.27. The van der Waals surface area contributed by atoms with Crippen molar-refractivity contribution >= 4 is 21.6 Å². The van der Waals surface area contributed by atoms with Gasteiger partial charge in [0.05, 0.1) is 0 Å². The lowest BCUT2D eigenvalue weighted by molar-refractivity contribution is 0.565. The van der Waals surface area contributed by atoms with Crippen molar-refractivity contribution in [2.24, 2.45) is 5.73 Å². The lowest BCUT2D eigenvalue weighted by atomic mass is 9.95. The maximum Gasteiger partial charge on any atom is 0.0406 e. The quantitative estimate of drug-likeness (QED) is 0.903. The van der Waals surface area contributed by atoms with Gasteiger partial charge in [-0.15, -0.1) is 0 Å². The minimum absolute atomic E-state index is 0.205. The number of anilines is 1. The van der Waals surface area contributed by atoms with Crippen molar-refractivity contribution in [2.75, 3.05) is 11.4 Å². The molecule has 88 valence electrons. The molecule has 0 aliphatic carbocycles. The third-order valence-corrected chi connectivity index (χ3v) is 3.84. The molecule has 0 saturated carbocycles. The van der Waals surface area contributed by atoms with Crippen LogP contribution in [0.1, 0.15) is 32.3 Å². The van der Waals surface area contributed by atoms with E-state index in [1.807, 2.05) is 0 Å². The van der Waals surface area contributed by atoms with E-state index in [0.29, 0.717) is 12.0 Å². The molecule has 2 N–H and O–H groups in total. The van der Waals surface area contributed by atoms with E-state index in [4.69, 9.17) is 5.73 Å². The number of hydrogen-bond acceptors (Lipinski definition) is 2. The Bertz CT molecular complexity index is 388. The standard InChI is InChI=1S/C13H19BrN2/c1-8(2)16-7-12(9(3)15)11-6-10(14)4-5-13(11)16/h4-6,8-9,12H,7,15H2,1-3H3. The second-order valence-corrected chi connectivity index (χ2v) is 5.83. The van der Waals surface area contributed by atoms with Gasteiger partial charge in [-0.3, -0.25) is 0 Å². The summed E-state index contributed by atoms with van der Waals surface area (Å²) in [6, 6.07) is 7.26. The summed E-state index contributed by atoms with van der Waals surface area (Å²) in [6.07, 6.45) is 0. The summed E-state index contributed by atoms with van der Waals surface area (Å²) in [5.74, 6) is 0.454. The molecule has 3 heteroatoms. The Labute approximate surface area is 106 Å². The topological polar surface area (TPSA) is 29.3 Å². The summed E-state index contributed by atoms with van der Waals surface area (Å²) < 4.78 is 1.14. The predicted molar refractivity (Wildman–Crippen MR) is 73.0 cm³/mol. The Morgan fingerprint density at radius 3 is 2.62 bits per heavy atom. The SMILES string of the molecule is CC(N)C1CN(C(C)C)c2ccc(Br)cc21. The molecule has 0 fully saturated rings. The van der Waals surface area contributed by atoms with Crippen LogP contribution in [0.25, 0.3) is 0 Å². The molecule has 0 bridgehead atoms. The Morgan fingerprint density at radius 1 is 1.38 bits per heavy atom. The van der Waals surface area contributed by atoms with Crippen molar-refractivity contribution in [1.82, 2.24) is 0 Å². The normalized spacial score (nSPS) is 21.4. The van der Waals surface area contributed by atoms with Crippen LogP contribution in [0, 0.1) is 0 Å². The van der Waals surface area contributed by atoms with Crippen LogP contribution in [0.15, 0.2) is 22.7 Å². The largest absolute Gasteiger partial charge is 0.368 e. The van der Waals surface area contributed by atoms with Crippen molar-refractivity contribution in [3.8, 4) is 0 Å². The van der Waals surface area contributed by atoms with Crippen LogP contribution in [0.4, 0.5) is 5.69 Å². The molecule has 1 aromatic rings. The Balaban J connectivity index is 2.44. The van der Waals surface area contributed by atoms with Gasteiger partial charge in [-0.2, -0.15) is 0 Å². The maximum atomic E-state index is 6.08. The molecule has 1 aliphatic heterocycles. The average Bonchev–Trinajstić information content (AvgIpc) is 2.56. The minimum Gasteiger partial charge on any atom is -0.368 e. The van der Waals surface area contributed by atoms with E-state index in [-0.39, 0.29) is 6.04 Å². The van der Waals surface area contributed by atoms with Crippen LogP contribution >= 0.6 is 15.9 Å². The Hall–Kier alpha value is -0.540. The summed E-state index contributed by atoms with van der Waals surface area (Å²) in [4.78, 5) is 2.44. The van der Waals surface area contributed by atoms with Gasteiger partial charge in [0.2, 0.25) is 0 Å². The summed E-state index contributed by atoms with van der Waals surface area (Å²) in [6.45, 7) is 7.60. The predicted octanol–water partition coefficient (Wildman–Crippen LogP) is 3.11. The Morgan fingerprint density at radius 2 is 2.06 bits per heavy atom. The fraction of sp³-hybridized carbons (Fsp3) is 0.538. The number of benzene rings is 1. The number of nitrogens with zero attached hydrogens (tertiary/aromatic N) is 1. The molecular formula is C13H19BrN2. The van der Waals surface area contributed by atoms with E-state index in [0.717, 1.165) is 11.0 Å². The zero-order chi connectivity index (χ0) is 11.9. The van der Waals surface area contributed by atoms with Gasteiger partial charge < -0.3 is 10.6 Å². The summed E-state index contributed by atoms with van der Waals surface area (Å²) in [5.41, 5.74) is 8.82. The smallest absolute Gasteiger partial charge is 0.0406 e. The monoisotopic (exact) mass is 282 g/mol. The first-order chi connectivity index (χ1) is 7.50. The van der Waals surface area contributed by atoms with Crippen molar-refractivity contribution in [1.29, 1.82) is 0 Å². The first-order valence-corrected chi connectivity index (χ1v) is 6.61. The van der Waals surface area contributed by atoms with E-state index in [1.165, 1.54) is 11.3 Å². The summed E-state index contributed by atoms with van der Waals surface area (Å²) >= 11 is 3.54. The first kappa shape index (κ1) is 11.9. The lowest BCUT2D eigenvalue weighted by Crippen LogP contribution is -2.33. The van der Waals surface area contributed by atoms with Gasteiger partial charge in [0, 0.05) is 34.7 Å². The number of hydrogen-bond donors (Lipinski definition) is 1. The minimum atomic E-state index is 0.205.